The molecule has 0 saturated carbocycles. The van der Waals surface area contributed by atoms with E-state index in [4.69, 9.17) is 5.11 Å². The number of hydrogen-bond acceptors (Lipinski definition) is 3. The summed E-state index contributed by atoms with van der Waals surface area (Å²) in [5.41, 5.74) is 1.60. The summed E-state index contributed by atoms with van der Waals surface area (Å²) in [6.45, 7) is 0.399. The number of carbonyl (C=O) groups excluding carboxylic acids is 1. The molecule has 20 heavy (non-hydrogen) atoms. The minimum atomic E-state index is -0.950. The number of aromatic carboxylic acids is 1. The molecule has 0 aliphatic heterocycles. The number of hydrogen-bond donors (Lipinski definition) is 2. The van der Waals surface area contributed by atoms with E-state index in [1.54, 1.807) is 35.7 Å². The Morgan fingerprint density at radius 3 is 2.70 bits per heavy atom. The van der Waals surface area contributed by atoms with Gasteiger partial charge < -0.3 is 10.4 Å². The van der Waals surface area contributed by atoms with E-state index in [1.807, 2.05) is 0 Å². The fraction of sp³-hybridized carbons (Fsp3) is 0.143. The van der Waals surface area contributed by atoms with Gasteiger partial charge in [-0.3, -0.25) is 4.79 Å². The molecule has 0 saturated heterocycles. The summed E-state index contributed by atoms with van der Waals surface area (Å²) in [5.74, 6) is -1.10. The maximum absolute atomic E-state index is 11.8. The maximum atomic E-state index is 11.8. The molecule has 2 N–H and O–H groups in total. The summed E-state index contributed by atoms with van der Waals surface area (Å²) in [5, 5.41) is 13.6. The predicted octanol–water partition coefficient (Wildman–Crippen LogP) is 3.18. The fourth-order valence-electron chi connectivity index (χ4n) is 1.79. The van der Waals surface area contributed by atoms with Crippen LogP contribution in [0.4, 0.5) is 0 Å². The summed E-state index contributed by atoms with van der Waals surface area (Å²) in [6.07, 6.45) is 0.486. The van der Waals surface area contributed by atoms with Gasteiger partial charge in [0.15, 0.2) is 0 Å². The van der Waals surface area contributed by atoms with Gasteiger partial charge in [-0.25, -0.2) is 4.79 Å². The van der Waals surface area contributed by atoms with Crippen LogP contribution in [0.5, 0.6) is 0 Å². The second-order valence-electron chi connectivity index (χ2n) is 4.11. The van der Waals surface area contributed by atoms with Crippen LogP contribution in [-0.4, -0.2) is 23.5 Å². The zero-order chi connectivity index (χ0) is 14.5. The third kappa shape index (κ3) is 3.68. The van der Waals surface area contributed by atoms with Crippen LogP contribution in [0, 0.1) is 0 Å². The third-order valence-electron chi connectivity index (χ3n) is 2.76. The molecule has 0 unspecified atom stereocenters. The van der Waals surface area contributed by atoms with Gasteiger partial charge >= 0.3 is 5.97 Å². The molecule has 0 bridgehead atoms. The normalized spacial score (nSPS) is 10.2. The number of halogens is 1. The van der Waals surface area contributed by atoms with Gasteiger partial charge in [0.2, 0.25) is 0 Å². The van der Waals surface area contributed by atoms with Gasteiger partial charge in [0, 0.05) is 11.9 Å². The van der Waals surface area contributed by atoms with Gasteiger partial charge in [-0.15, -0.1) is 11.3 Å². The lowest BCUT2D eigenvalue weighted by Crippen LogP contribution is -2.25. The first-order chi connectivity index (χ1) is 9.58. The van der Waals surface area contributed by atoms with E-state index in [0.717, 1.165) is 3.79 Å². The van der Waals surface area contributed by atoms with Gasteiger partial charge in [-0.2, -0.15) is 0 Å². The molecule has 6 heteroatoms. The van der Waals surface area contributed by atoms with E-state index in [0.29, 0.717) is 24.1 Å². The van der Waals surface area contributed by atoms with Crippen LogP contribution in [0.1, 0.15) is 26.3 Å². The monoisotopic (exact) mass is 353 g/mol. The molecule has 1 heterocycles. The Morgan fingerprint density at radius 2 is 2.05 bits per heavy atom. The molecule has 0 radical (unpaired) electrons. The van der Waals surface area contributed by atoms with E-state index in [2.05, 4.69) is 21.2 Å². The highest BCUT2D eigenvalue weighted by Gasteiger charge is 2.10. The Labute approximate surface area is 128 Å². The standard InChI is InChI=1S/C14H12BrNO3S/c15-12-7-10(8-20-12)13(17)16-6-5-9-3-1-2-4-11(9)14(18)19/h1-4,7-8H,5-6H2,(H,16,17)(H,18,19). The first kappa shape index (κ1) is 14.7. The molecule has 4 nitrogen and oxygen atoms in total. The van der Waals surface area contributed by atoms with Crippen molar-refractivity contribution in [2.24, 2.45) is 0 Å². The average Bonchev–Trinajstić information content (AvgIpc) is 2.86. The van der Waals surface area contributed by atoms with Crippen LogP contribution >= 0.6 is 27.3 Å². The predicted molar refractivity (Wildman–Crippen MR) is 81.5 cm³/mol. The zero-order valence-corrected chi connectivity index (χ0v) is 12.8. The van der Waals surface area contributed by atoms with Crippen molar-refractivity contribution in [2.75, 3.05) is 6.54 Å². The van der Waals surface area contributed by atoms with Crippen molar-refractivity contribution in [3.63, 3.8) is 0 Å². The van der Waals surface area contributed by atoms with Crippen LogP contribution in [0.15, 0.2) is 39.5 Å². The van der Waals surface area contributed by atoms with Gasteiger partial charge in [0.05, 0.1) is 14.9 Å². The number of carbonyl (C=O) groups is 2. The highest BCUT2D eigenvalue weighted by Crippen LogP contribution is 2.20. The number of benzene rings is 1. The van der Waals surface area contributed by atoms with E-state index < -0.39 is 5.97 Å². The van der Waals surface area contributed by atoms with Crippen molar-refractivity contribution in [3.8, 4) is 0 Å². The molecular weight excluding hydrogens is 342 g/mol. The number of rotatable bonds is 5. The Balaban J connectivity index is 1.93. The second-order valence-corrected chi connectivity index (χ2v) is 6.40. The van der Waals surface area contributed by atoms with Crippen LogP contribution in [0.2, 0.25) is 0 Å². The molecule has 1 aromatic heterocycles. The van der Waals surface area contributed by atoms with Crippen molar-refractivity contribution >= 4 is 39.1 Å². The molecule has 1 aromatic carbocycles. The molecule has 0 atom stereocenters. The summed E-state index contributed by atoms with van der Waals surface area (Å²) in [6, 6.07) is 8.56. The van der Waals surface area contributed by atoms with Gasteiger partial charge in [-0.1, -0.05) is 18.2 Å². The molecule has 0 aliphatic rings. The number of thiophene rings is 1. The SMILES string of the molecule is O=C(NCCc1ccccc1C(=O)O)c1csc(Br)c1. The molecule has 0 fully saturated rings. The number of carboxylic acids is 1. The van der Waals surface area contributed by atoms with E-state index in [-0.39, 0.29) is 11.5 Å². The third-order valence-corrected chi connectivity index (χ3v) is 4.26. The topological polar surface area (TPSA) is 66.4 Å². The molecule has 2 aromatic rings. The quantitative estimate of drug-likeness (QED) is 0.867. The first-order valence-electron chi connectivity index (χ1n) is 5.91. The van der Waals surface area contributed by atoms with E-state index >= 15 is 0 Å². The maximum Gasteiger partial charge on any atom is 0.335 e. The Hall–Kier alpha value is -1.66. The van der Waals surface area contributed by atoms with Crippen molar-refractivity contribution in [2.45, 2.75) is 6.42 Å². The lowest BCUT2D eigenvalue weighted by molar-refractivity contribution is 0.0695. The molecule has 0 spiro atoms. The van der Waals surface area contributed by atoms with Crippen molar-refractivity contribution in [1.82, 2.24) is 5.32 Å². The van der Waals surface area contributed by atoms with Crippen LogP contribution < -0.4 is 5.32 Å². The minimum absolute atomic E-state index is 0.153. The lowest BCUT2D eigenvalue weighted by atomic mass is 10.0. The highest BCUT2D eigenvalue weighted by atomic mass is 79.9. The summed E-state index contributed by atoms with van der Waals surface area (Å²) >= 11 is 4.75. The number of carboxylic acid groups (broad SMARTS) is 1. The van der Waals surface area contributed by atoms with Gasteiger partial charge in [0.1, 0.15) is 0 Å². The fourth-order valence-corrected chi connectivity index (χ4v) is 2.93. The van der Waals surface area contributed by atoms with Crippen molar-refractivity contribution in [1.29, 1.82) is 0 Å². The Morgan fingerprint density at radius 1 is 1.30 bits per heavy atom. The molecule has 104 valence electrons. The number of nitrogens with one attached hydrogen (secondary N) is 1. The summed E-state index contributed by atoms with van der Waals surface area (Å²) < 4.78 is 0.902. The van der Waals surface area contributed by atoms with Crippen molar-refractivity contribution < 1.29 is 14.7 Å². The highest BCUT2D eigenvalue weighted by molar-refractivity contribution is 9.11. The molecule has 0 aliphatic carbocycles. The molecule has 1 amide bonds. The molecule has 2 rings (SSSR count). The lowest BCUT2D eigenvalue weighted by Gasteiger charge is -2.07. The van der Waals surface area contributed by atoms with E-state index in [9.17, 15) is 9.59 Å². The number of amides is 1. The van der Waals surface area contributed by atoms with Crippen LogP contribution in [-0.2, 0) is 6.42 Å². The smallest absolute Gasteiger partial charge is 0.335 e. The Kier molecular flexibility index (Phi) is 4.92. The van der Waals surface area contributed by atoms with Crippen molar-refractivity contribution in [3.05, 3.63) is 56.2 Å². The Bertz CT molecular complexity index is 639. The summed E-state index contributed by atoms with van der Waals surface area (Å²) in [7, 11) is 0. The van der Waals surface area contributed by atoms with Gasteiger partial charge in [0.25, 0.3) is 5.91 Å². The zero-order valence-electron chi connectivity index (χ0n) is 10.4. The largest absolute Gasteiger partial charge is 0.478 e. The summed E-state index contributed by atoms with van der Waals surface area (Å²) in [4.78, 5) is 22.9. The minimum Gasteiger partial charge on any atom is -0.478 e. The molecular formula is C14H12BrNO3S. The average molecular weight is 354 g/mol. The van der Waals surface area contributed by atoms with Gasteiger partial charge in [-0.05, 0) is 40.0 Å². The first-order valence-corrected chi connectivity index (χ1v) is 7.58. The van der Waals surface area contributed by atoms with Crippen LogP contribution in [0.25, 0.3) is 0 Å². The second kappa shape index (κ2) is 6.67. The van der Waals surface area contributed by atoms with E-state index in [1.165, 1.54) is 11.3 Å². The van der Waals surface area contributed by atoms with Crippen LogP contribution in [0.3, 0.4) is 0 Å².